The van der Waals surface area contributed by atoms with Crippen molar-refractivity contribution in [1.29, 1.82) is 0 Å². The lowest BCUT2D eigenvalue weighted by molar-refractivity contribution is -0.0973. The molecule has 4 aliphatic carbocycles. The van der Waals surface area contributed by atoms with Crippen molar-refractivity contribution in [2.75, 3.05) is 0 Å². The van der Waals surface area contributed by atoms with Gasteiger partial charge in [-0.15, -0.1) is 0 Å². The summed E-state index contributed by atoms with van der Waals surface area (Å²) in [6.45, 7) is 11.6. The maximum Gasteiger partial charge on any atom is 0.0757 e. The Morgan fingerprint density at radius 1 is 0.967 bits per heavy atom. The Morgan fingerprint density at radius 3 is 2.40 bits per heavy atom. The lowest BCUT2D eigenvalue weighted by Crippen LogP contribution is -2.55. The molecule has 3 heteroatoms. The van der Waals surface area contributed by atoms with Crippen molar-refractivity contribution in [3.63, 3.8) is 0 Å². The summed E-state index contributed by atoms with van der Waals surface area (Å²) < 4.78 is 0. The van der Waals surface area contributed by atoms with Crippen LogP contribution < -0.4 is 0 Å². The minimum absolute atomic E-state index is 0.176. The van der Waals surface area contributed by atoms with E-state index in [4.69, 9.17) is 0 Å². The fraction of sp³-hybridized carbons (Fsp3) is 0.926. The van der Waals surface area contributed by atoms with Crippen molar-refractivity contribution in [2.24, 2.45) is 46.3 Å². The van der Waals surface area contributed by atoms with Crippen LogP contribution in [0.25, 0.3) is 0 Å². The molecule has 3 N–H and O–H groups in total. The van der Waals surface area contributed by atoms with Crippen LogP contribution >= 0.6 is 0 Å². The molecule has 0 bridgehead atoms. The zero-order chi connectivity index (χ0) is 21.8. The molecule has 172 valence electrons. The first kappa shape index (κ1) is 22.8. The monoisotopic (exact) mass is 418 g/mol. The average molecular weight is 419 g/mol. The van der Waals surface area contributed by atoms with E-state index in [1.807, 2.05) is 0 Å². The maximum absolute atomic E-state index is 11.3. The molecular formula is C27H46O3. The van der Waals surface area contributed by atoms with Gasteiger partial charge in [-0.1, -0.05) is 46.3 Å². The van der Waals surface area contributed by atoms with Gasteiger partial charge in [0.2, 0.25) is 0 Å². The fourth-order valence-electron chi connectivity index (χ4n) is 8.57. The van der Waals surface area contributed by atoms with E-state index >= 15 is 0 Å². The van der Waals surface area contributed by atoms with Gasteiger partial charge in [0.05, 0.1) is 18.3 Å². The van der Waals surface area contributed by atoms with Gasteiger partial charge in [0.15, 0.2) is 0 Å². The Labute approximate surface area is 184 Å². The van der Waals surface area contributed by atoms with Gasteiger partial charge in [0, 0.05) is 0 Å². The van der Waals surface area contributed by atoms with E-state index in [9.17, 15) is 15.3 Å². The highest BCUT2D eigenvalue weighted by atomic mass is 16.3. The summed E-state index contributed by atoms with van der Waals surface area (Å²) in [4.78, 5) is 0. The maximum atomic E-state index is 11.3. The molecular weight excluding hydrogens is 372 g/mol. The second-order valence-electron chi connectivity index (χ2n) is 12.4. The highest BCUT2D eigenvalue weighted by Crippen LogP contribution is 2.67. The minimum atomic E-state index is -0.343. The quantitative estimate of drug-likeness (QED) is 0.529. The van der Waals surface area contributed by atoms with E-state index in [-0.39, 0.29) is 23.7 Å². The summed E-state index contributed by atoms with van der Waals surface area (Å²) in [5.41, 5.74) is 1.83. The molecule has 0 saturated heterocycles. The molecule has 3 nitrogen and oxygen atoms in total. The molecule has 0 aromatic rings. The normalized spacial score (nSPS) is 47.8. The first-order valence-corrected chi connectivity index (χ1v) is 12.8. The summed E-state index contributed by atoms with van der Waals surface area (Å²) in [7, 11) is 0. The number of hydrogen-bond acceptors (Lipinski definition) is 3. The van der Waals surface area contributed by atoms with Crippen molar-refractivity contribution < 1.29 is 15.3 Å². The van der Waals surface area contributed by atoms with Gasteiger partial charge in [-0.3, -0.25) is 0 Å². The lowest BCUT2D eigenvalue weighted by atomic mass is 9.46. The first-order valence-electron chi connectivity index (χ1n) is 12.8. The average Bonchev–Trinajstić information content (AvgIpc) is 3.04. The standard InChI is InChI=1S/C27H46O3/c1-16(2)23(29)9-6-17(3)20-7-8-21-25-22(11-13-27(20,21)5)26(4)12-10-19(28)14-18(26)15-24(25)30/h15-17,19-25,28-30H,6-14H2,1-5H3/t17-,19+,20-,21+,22+,23?,24-,25+,26+,27-/m1/s1. The van der Waals surface area contributed by atoms with Gasteiger partial charge in [0.25, 0.3) is 0 Å². The fourth-order valence-corrected chi connectivity index (χ4v) is 8.57. The van der Waals surface area contributed by atoms with Crippen LogP contribution in [-0.4, -0.2) is 33.6 Å². The molecule has 0 amide bonds. The van der Waals surface area contributed by atoms with Gasteiger partial charge in [-0.2, -0.15) is 0 Å². The van der Waals surface area contributed by atoms with Gasteiger partial charge in [-0.25, -0.2) is 0 Å². The Morgan fingerprint density at radius 2 is 1.70 bits per heavy atom. The van der Waals surface area contributed by atoms with E-state index < -0.39 is 0 Å². The van der Waals surface area contributed by atoms with Crippen LogP contribution in [0.1, 0.15) is 92.4 Å². The molecule has 4 aliphatic rings. The SMILES string of the molecule is CC(C)C(O)CC[C@@H](C)[C@H]1CC[C@H]2[C@@H]3[C@H](O)C=C4C[C@@H](O)CC[C@]4(C)[C@H]3CC[C@]12C. The third-order valence-electron chi connectivity index (χ3n) is 10.6. The minimum Gasteiger partial charge on any atom is -0.393 e. The number of hydrogen-bond donors (Lipinski definition) is 3. The second kappa shape index (κ2) is 8.19. The molecule has 0 aromatic carbocycles. The summed E-state index contributed by atoms with van der Waals surface area (Å²) >= 11 is 0. The highest BCUT2D eigenvalue weighted by molar-refractivity contribution is 5.27. The summed E-state index contributed by atoms with van der Waals surface area (Å²) in [5, 5.41) is 31.8. The molecule has 0 heterocycles. The smallest absolute Gasteiger partial charge is 0.0757 e. The Balaban J connectivity index is 1.53. The van der Waals surface area contributed by atoms with Gasteiger partial charge in [0.1, 0.15) is 0 Å². The van der Waals surface area contributed by atoms with Crippen molar-refractivity contribution in [3.8, 4) is 0 Å². The van der Waals surface area contributed by atoms with E-state index in [1.165, 1.54) is 31.3 Å². The summed E-state index contributed by atoms with van der Waals surface area (Å²) in [5.74, 6) is 3.24. The van der Waals surface area contributed by atoms with Gasteiger partial charge < -0.3 is 15.3 Å². The molecule has 0 aromatic heterocycles. The van der Waals surface area contributed by atoms with Crippen LogP contribution in [-0.2, 0) is 0 Å². The topological polar surface area (TPSA) is 60.7 Å². The molecule has 30 heavy (non-hydrogen) atoms. The first-order chi connectivity index (χ1) is 14.1. The Hall–Kier alpha value is -0.380. The van der Waals surface area contributed by atoms with Crippen molar-refractivity contribution in [1.82, 2.24) is 0 Å². The lowest BCUT2D eigenvalue weighted by Gasteiger charge is -2.59. The molecule has 1 unspecified atom stereocenters. The van der Waals surface area contributed by atoms with Crippen LogP contribution in [0, 0.1) is 46.3 Å². The van der Waals surface area contributed by atoms with Gasteiger partial charge >= 0.3 is 0 Å². The van der Waals surface area contributed by atoms with Crippen LogP contribution in [0.3, 0.4) is 0 Å². The largest absolute Gasteiger partial charge is 0.393 e. The van der Waals surface area contributed by atoms with E-state index in [0.717, 1.165) is 32.1 Å². The summed E-state index contributed by atoms with van der Waals surface area (Å²) in [6, 6.07) is 0. The van der Waals surface area contributed by atoms with Crippen LogP contribution in [0.15, 0.2) is 11.6 Å². The molecule has 0 spiro atoms. The number of rotatable bonds is 5. The third-order valence-corrected chi connectivity index (χ3v) is 10.6. The molecule has 10 atom stereocenters. The van der Waals surface area contributed by atoms with E-state index in [1.54, 1.807) is 0 Å². The summed E-state index contributed by atoms with van der Waals surface area (Å²) in [6.07, 6.45) is 11.2. The number of fused-ring (bicyclic) bond motifs is 5. The number of aliphatic hydroxyl groups is 3. The van der Waals surface area contributed by atoms with Crippen molar-refractivity contribution in [3.05, 3.63) is 11.6 Å². The third kappa shape index (κ3) is 3.61. The number of aliphatic hydroxyl groups excluding tert-OH is 3. The van der Waals surface area contributed by atoms with Crippen molar-refractivity contribution in [2.45, 2.75) is 111 Å². The van der Waals surface area contributed by atoms with E-state index in [2.05, 4.69) is 40.7 Å². The molecule has 3 saturated carbocycles. The molecule has 3 fully saturated rings. The van der Waals surface area contributed by atoms with Crippen molar-refractivity contribution >= 4 is 0 Å². The van der Waals surface area contributed by atoms with Crippen LogP contribution in [0.2, 0.25) is 0 Å². The Kier molecular flexibility index (Phi) is 6.23. The zero-order valence-corrected chi connectivity index (χ0v) is 20.0. The zero-order valence-electron chi connectivity index (χ0n) is 20.0. The van der Waals surface area contributed by atoms with Gasteiger partial charge in [-0.05, 0) is 104 Å². The second-order valence-corrected chi connectivity index (χ2v) is 12.4. The Bertz CT molecular complexity index is 656. The van der Waals surface area contributed by atoms with Crippen LogP contribution in [0.5, 0.6) is 0 Å². The predicted octanol–water partition coefficient (Wildman–Crippen LogP) is 5.33. The van der Waals surface area contributed by atoms with E-state index in [0.29, 0.717) is 40.9 Å². The molecule has 0 radical (unpaired) electrons. The van der Waals surface area contributed by atoms with Crippen LogP contribution in [0.4, 0.5) is 0 Å². The predicted molar refractivity (Wildman–Crippen MR) is 122 cm³/mol. The molecule has 0 aliphatic heterocycles. The molecule has 4 rings (SSSR count). The highest BCUT2D eigenvalue weighted by Gasteiger charge is 2.61.